The second-order valence-electron chi connectivity index (χ2n) is 3.89. The minimum Gasteiger partial charge on any atom is -0.339 e. The van der Waals surface area contributed by atoms with Gasteiger partial charge >= 0.3 is 6.18 Å². The Hall–Kier alpha value is -0.780. The van der Waals surface area contributed by atoms with Gasteiger partial charge in [0, 0.05) is 12.6 Å². The van der Waals surface area contributed by atoms with Crippen LogP contribution in [0.5, 0.6) is 0 Å². The molecule has 0 spiro atoms. The number of likely N-dealkylation sites (N-methyl/N-ethyl adjacent to an activating group) is 1. The van der Waals surface area contributed by atoms with Gasteiger partial charge in [0.2, 0.25) is 0 Å². The first kappa shape index (κ1) is 14.2. The number of carbonyl (C=O) groups is 1. The van der Waals surface area contributed by atoms with Gasteiger partial charge in [-0.1, -0.05) is 0 Å². The molecule has 1 amide bonds. The second kappa shape index (κ2) is 4.38. The summed E-state index contributed by atoms with van der Waals surface area (Å²) in [4.78, 5) is 12.7. The number of halogens is 3. The largest absolute Gasteiger partial charge is 0.415 e. The Bertz CT molecular complexity index is 236. The molecule has 0 radical (unpaired) electrons. The SMILES string of the molecule is CCN(C(=O)C(C)(N)C(F)(F)F)C(C)C. The number of nitrogens with zero attached hydrogens (tertiary/aromatic N) is 1. The molecule has 0 heterocycles. The number of alkyl halides is 3. The Balaban J connectivity index is 4.99. The highest BCUT2D eigenvalue weighted by molar-refractivity contribution is 5.86. The van der Waals surface area contributed by atoms with Crippen molar-refractivity contribution in [1.29, 1.82) is 0 Å². The van der Waals surface area contributed by atoms with E-state index in [9.17, 15) is 18.0 Å². The highest BCUT2D eigenvalue weighted by Crippen LogP contribution is 2.29. The van der Waals surface area contributed by atoms with E-state index >= 15 is 0 Å². The molecule has 6 heteroatoms. The first-order valence-corrected chi connectivity index (χ1v) is 4.72. The van der Waals surface area contributed by atoms with E-state index < -0.39 is 17.6 Å². The van der Waals surface area contributed by atoms with Crippen LogP contribution in [0.3, 0.4) is 0 Å². The van der Waals surface area contributed by atoms with E-state index in [2.05, 4.69) is 0 Å². The topological polar surface area (TPSA) is 46.3 Å². The summed E-state index contributed by atoms with van der Waals surface area (Å²) in [6.07, 6.45) is -4.73. The third-order valence-corrected chi connectivity index (χ3v) is 2.26. The maximum atomic E-state index is 12.5. The normalized spacial score (nSPS) is 16.3. The Morgan fingerprint density at radius 1 is 1.40 bits per heavy atom. The summed E-state index contributed by atoms with van der Waals surface area (Å²) in [5, 5.41) is 0. The van der Waals surface area contributed by atoms with Crippen LogP contribution in [0.15, 0.2) is 0 Å². The number of nitrogens with two attached hydrogens (primary N) is 1. The summed E-state index contributed by atoms with van der Waals surface area (Å²) in [7, 11) is 0. The van der Waals surface area contributed by atoms with Gasteiger partial charge in [-0.2, -0.15) is 13.2 Å². The van der Waals surface area contributed by atoms with Crippen molar-refractivity contribution >= 4 is 5.91 Å². The molecular weight excluding hydrogens is 209 g/mol. The highest BCUT2D eigenvalue weighted by Gasteiger charge is 2.55. The molecule has 0 saturated heterocycles. The van der Waals surface area contributed by atoms with Crippen LogP contribution < -0.4 is 5.73 Å². The summed E-state index contributed by atoms with van der Waals surface area (Å²) in [5.41, 5.74) is 2.22. The van der Waals surface area contributed by atoms with Crippen molar-refractivity contribution in [3.63, 3.8) is 0 Å². The van der Waals surface area contributed by atoms with Crippen molar-refractivity contribution in [3.05, 3.63) is 0 Å². The molecule has 0 aromatic rings. The third-order valence-electron chi connectivity index (χ3n) is 2.26. The van der Waals surface area contributed by atoms with E-state index in [1.165, 1.54) is 0 Å². The molecule has 1 atom stereocenters. The Kier molecular flexibility index (Phi) is 4.16. The smallest absolute Gasteiger partial charge is 0.339 e. The molecule has 3 nitrogen and oxygen atoms in total. The molecule has 0 aromatic heterocycles. The maximum absolute atomic E-state index is 12.5. The minimum absolute atomic E-state index is 0.208. The van der Waals surface area contributed by atoms with Gasteiger partial charge in [0.05, 0.1) is 0 Å². The highest BCUT2D eigenvalue weighted by atomic mass is 19.4. The summed E-state index contributed by atoms with van der Waals surface area (Å²) in [5.74, 6) is -1.09. The summed E-state index contributed by atoms with van der Waals surface area (Å²) >= 11 is 0. The molecule has 0 rings (SSSR count). The molecule has 0 aliphatic heterocycles. The average molecular weight is 226 g/mol. The van der Waals surface area contributed by atoms with Crippen LogP contribution in [-0.4, -0.2) is 35.1 Å². The van der Waals surface area contributed by atoms with Crippen LogP contribution in [0.25, 0.3) is 0 Å². The van der Waals surface area contributed by atoms with Crippen molar-refractivity contribution < 1.29 is 18.0 Å². The average Bonchev–Trinajstić information content (AvgIpc) is 2.02. The molecule has 0 aliphatic rings. The molecule has 0 saturated carbocycles. The second-order valence-corrected chi connectivity index (χ2v) is 3.89. The molecule has 2 N–H and O–H groups in total. The predicted octanol–water partition coefficient (Wildman–Crippen LogP) is 1.52. The van der Waals surface area contributed by atoms with Crippen LogP contribution in [0.4, 0.5) is 13.2 Å². The van der Waals surface area contributed by atoms with Gasteiger partial charge in [-0.3, -0.25) is 4.79 Å². The Labute approximate surface area is 87.4 Å². The molecular formula is C9H17F3N2O. The van der Waals surface area contributed by atoms with Crippen LogP contribution in [-0.2, 0) is 4.79 Å². The fourth-order valence-corrected chi connectivity index (χ4v) is 1.16. The van der Waals surface area contributed by atoms with E-state index in [4.69, 9.17) is 5.73 Å². The van der Waals surface area contributed by atoms with E-state index in [0.717, 1.165) is 4.90 Å². The lowest BCUT2D eigenvalue weighted by molar-refractivity contribution is -0.194. The number of hydrogen-bond acceptors (Lipinski definition) is 2. The quantitative estimate of drug-likeness (QED) is 0.793. The van der Waals surface area contributed by atoms with Crippen LogP contribution in [0.2, 0.25) is 0 Å². The molecule has 0 fully saturated rings. The van der Waals surface area contributed by atoms with Gasteiger partial charge in [0.15, 0.2) is 5.54 Å². The molecule has 1 unspecified atom stereocenters. The van der Waals surface area contributed by atoms with E-state index in [1.54, 1.807) is 20.8 Å². The van der Waals surface area contributed by atoms with E-state index in [1.807, 2.05) is 0 Å². The lowest BCUT2D eigenvalue weighted by Crippen LogP contribution is -2.63. The van der Waals surface area contributed by atoms with Crippen molar-refractivity contribution in [1.82, 2.24) is 4.90 Å². The van der Waals surface area contributed by atoms with E-state index in [-0.39, 0.29) is 12.6 Å². The lowest BCUT2D eigenvalue weighted by Gasteiger charge is -2.34. The number of hydrogen-bond donors (Lipinski definition) is 1. The Morgan fingerprint density at radius 2 is 1.80 bits per heavy atom. The predicted molar refractivity (Wildman–Crippen MR) is 51.2 cm³/mol. The van der Waals surface area contributed by atoms with Crippen molar-refractivity contribution in [2.75, 3.05) is 6.54 Å². The molecule has 0 aliphatic carbocycles. The fourth-order valence-electron chi connectivity index (χ4n) is 1.16. The van der Waals surface area contributed by atoms with Gasteiger partial charge in [-0.15, -0.1) is 0 Å². The third kappa shape index (κ3) is 2.84. The van der Waals surface area contributed by atoms with Crippen molar-refractivity contribution in [2.24, 2.45) is 5.73 Å². The zero-order valence-corrected chi connectivity index (χ0v) is 9.35. The summed E-state index contributed by atoms with van der Waals surface area (Å²) in [6.45, 7) is 5.81. The zero-order chi connectivity index (χ0) is 12.4. The fraction of sp³-hybridized carbons (Fsp3) is 0.889. The van der Waals surface area contributed by atoms with Crippen molar-refractivity contribution in [3.8, 4) is 0 Å². The monoisotopic (exact) mass is 226 g/mol. The molecule has 0 aromatic carbocycles. The lowest BCUT2D eigenvalue weighted by atomic mass is 10.0. The number of amides is 1. The van der Waals surface area contributed by atoms with Gasteiger partial charge in [0.1, 0.15) is 0 Å². The van der Waals surface area contributed by atoms with Gasteiger partial charge in [-0.25, -0.2) is 0 Å². The molecule has 0 bridgehead atoms. The van der Waals surface area contributed by atoms with Crippen LogP contribution >= 0.6 is 0 Å². The first-order valence-electron chi connectivity index (χ1n) is 4.72. The number of rotatable bonds is 3. The van der Waals surface area contributed by atoms with Gasteiger partial charge in [0.25, 0.3) is 5.91 Å². The van der Waals surface area contributed by atoms with E-state index in [0.29, 0.717) is 6.92 Å². The summed E-state index contributed by atoms with van der Waals surface area (Å²) < 4.78 is 37.4. The van der Waals surface area contributed by atoms with Gasteiger partial charge in [-0.05, 0) is 27.7 Å². The van der Waals surface area contributed by atoms with Crippen LogP contribution in [0.1, 0.15) is 27.7 Å². The Morgan fingerprint density at radius 3 is 2.00 bits per heavy atom. The summed E-state index contributed by atoms with van der Waals surface area (Å²) in [6, 6.07) is -0.298. The maximum Gasteiger partial charge on any atom is 0.415 e. The first-order chi connectivity index (χ1) is 6.55. The number of carbonyl (C=O) groups excluding carboxylic acids is 1. The molecule has 90 valence electrons. The van der Waals surface area contributed by atoms with Crippen molar-refractivity contribution in [2.45, 2.75) is 45.5 Å². The minimum atomic E-state index is -4.73. The molecule has 15 heavy (non-hydrogen) atoms. The van der Waals surface area contributed by atoms with Gasteiger partial charge < -0.3 is 10.6 Å². The zero-order valence-electron chi connectivity index (χ0n) is 9.35. The standard InChI is InChI=1S/C9H17F3N2O/c1-5-14(6(2)3)7(15)8(4,13)9(10,11)12/h6H,5,13H2,1-4H3. The van der Waals surface area contributed by atoms with Crippen LogP contribution in [0, 0.1) is 0 Å².